The van der Waals surface area contributed by atoms with Crippen molar-refractivity contribution in [3.05, 3.63) is 41.7 Å². The molecule has 74 valence electrons. The van der Waals surface area contributed by atoms with Gasteiger partial charge in [0.2, 0.25) is 5.91 Å². The summed E-state index contributed by atoms with van der Waals surface area (Å²) in [6.45, 7) is 3.61. The van der Waals surface area contributed by atoms with Crippen LogP contribution in [0.25, 0.3) is 0 Å². The molecule has 0 unspecified atom stereocenters. The number of carbonyl (C=O) groups is 1. The smallest absolute Gasteiger partial charge is 0.248 e. The maximum atomic E-state index is 13.1. The van der Waals surface area contributed by atoms with Gasteiger partial charge in [-0.05, 0) is 26.0 Å². The van der Waals surface area contributed by atoms with Crippen LogP contribution in [-0.2, 0) is 4.79 Å². The number of carbonyl (C=O) groups excluding carboxylic acids is 1. The summed E-state index contributed by atoms with van der Waals surface area (Å²) < 4.78 is 13.1. The highest BCUT2D eigenvalue weighted by atomic mass is 19.1. The Labute approximate surface area is 82.4 Å². The van der Waals surface area contributed by atoms with Crippen molar-refractivity contribution in [1.29, 1.82) is 0 Å². The molecule has 0 atom stereocenters. The fourth-order valence-corrected chi connectivity index (χ4v) is 0.994. The molecule has 0 aromatic heterocycles. The average Bonchev–Trinajstić information content (AvgIpc) is 2.07. The summed E-state index contributed by atoms with van der Waals surface area (Å²) >= 11 is 0. The lowest BCUT2D eigenvalue weighted by Crippen LogP contribution is -2.09. The van der Waals surface area contributed by atoms with Gasteiger partial charge in [0, 0.05) is 6.08 Å². The monoisotopic (exact) mass is 193 g/mol. The number of nitrogens with one attached hydrogen (secondary N) is 1. The average molecular weight is 193 g/mol. The van der Waals surface area contributed by atoms with Crippen LogP contribution >= 0.6 is 0 Å². The van der Waals surface area contributed by atoms with Gasteiger partial charge in [0.1, 0.15) is 5.82 Å². The number of hydrogen-bond donors (Lipinski definition) is 1. The predicted octanol–water partition coefficient (Wildman–Crippen LogP) is 2.73. The number of halogens is 1. The van der Waals surface area contributed by atoms with Crippen LogP contribution in [0.3, 0.4) is 0 Å². The van der Waals surface area contributed by atoms with E-state index in [2.05, 4.69) is 5.32 Å². The van der Waals surface area contributed by atoms with Gasteiger partial charge in [0.25, 0.3) is 0 Å². The molecule has 0 fully saturated rings. The third-order valence-electron chi connectivity index (χ3n) is 1.55. The Balaban J connectivity index is 2.75. The van der Waals surface area contributed by atoms with Gasteiger partial charge < -0.3 is 5.32 Å². The first-order valence-corrected chi connectivity index (χ1v) is 4.30. The van der Waals surface area contributed by atoms with Crippen LogP contribution in [0.4, 0.5) is 10.1 Å². The standard InChI is InChI=1S/C11H12FNO/c1-8(2)7-11(14)13-10-6-4-3-5-9(10)12/h3-7H,1-2H3,(H,13,14). The first-order valence-electron chi connectivity index (χ1n) is 4.30. The van der Waals surface area contributed by atoms with Gasteiger partial charge in [0.05, 0.1) is 5.69 Å². The van der Waals surface area contributed by atoms with Crippen LogP contribution in [0.2, 0.25) is 0 Å². The van der Waals surface area contributed by atoms with E-state index in [1.807, 2.05) is 0 Å². The Morgan fingerprint density at radius 3 is 2.57 bits per heavy atom. The Hall–Kier alpha value is -1.64. The predicted molar refractivity (Wildman–Crippen MR) is 54.5 cm³/mol. The van der Waals surface area contributed by atoms with Crippen molar-refractivity contribution in [3.63, 3.8) is 0 Å². The normalized spacial score (nSPS) is 9.36. The minimum absolute atomic E-state index is 0.204. The highest BCUT2D eigenvalue weighted by molar-refractivity contribution is 5.99. The molecular formula is C11H12FNO. The number of anilines is 1. The van der Waals surface area contributed by atoms with Gasteiger partial charge in [-0.15, -0.1) is 0 Å². The molecule has 0 spiro atoms. The number of allylic oxidation sites excluding steroid dienone is 1. The second kappa shape index (κ2) is 4.56. The first-order chi connectivity index (χ1) is 6.59. The zero-order valence-corrected chi connectivity index (χ0v) is 8.17. The van der Waals surface area contributed by atoms with Crippen LogP contribution in [0, 0.1) is 5.82 Å². The largest absolute Gasteiger partial charge is 0.320 e. The lowest BCUT2D eigenvalue weighted by Gasteiger charge is -2.02. The van der Waals surface area contributed by atoms with Gasteiger partial charge >= 0.3 is 0 Å². The topological polar surface area (TPSA) is 29.1 Å². The van der Waals surface area contributed by atoms with Crippen molar-refractivity contribution in [2.45, 2.75) is 13.8 Å². The molecule has 2 nitrogen and oxygen atoms in total. The Morgan fingerprint density at radius 2 is 2.00 bits per heavy atom. The van der Waals surface area contributed by atoms with Gasteiger partial charge in [-0.1, -0.05) is 17.7 Å². The van der Waals surface area contributed by atoms with E-state index in [1.54, 1.807) is 26.0 Å². The fourth-order valence-electron chi connectivity index (χ4n) is 0.994. The van der Waals surface area contributed by atoms with E-state index in [0.717, 1.165) is 5.57 Å². The molecule has 0 saturated carbocycles. The maximum absolute atomic E-state index is 13.1. The summed E-state index contributed by atoms with van der Waals surface area (Å²) in [4.78, 5) is 11.2. The highest BCUT2D eigenvalue weighted by Crippen LogP contribution is 2.12. The lowest BCUT2D eigenvalue weighted by molar-refractivity contribution is -0.112. The van der Waals surface area contributed by atoms with E-state index in [0.29, 0.717) is 0 Å². The third kappa shape index (κ3) is 3.01. The number of amides is 1. The van der Waals surface area contributed by atoms with E-state index >= 15 is 0 Å². The molecule has 1 amide bonds. The molecule has 0 aliphatic rings. The summed E-state index contributed by atoms with van der Waals surface area (Å²) in [5, 5.41) is 2.45. The highest BCUT2D eigenvalue weighted by Gasteiger charge is 2.02. The Morgan fingerprint density at radius 1 is 1.36 bits per heavy atom. The second-order valence-corrected chi connectivity index (χ2v) is 3.19. The van der Waals surface area contributed by atoms with Crippen LogP contribution < -0.4 is 5.32 Å². The number of rotatable bonds is 2. The van der Waals surface area contributed by atoms with Crippen LogP contribution in [0.5, 0.6) is 0 Å². The number of benzene rings is 1. The SMILES string of the molecule is CC(C)=CC(=O)Nc1ccccc1F. The molecule has 1 aromatic rings. The zero-order chi connectivity index (χ0) is 10.6. The van der Waals surface area contributed by atoms with Crippen LogP contribution in [0.15, 0.2) is 35.9 Å². The van der Waals surface area contributed by atoms with E-state index in [9.17, 15) is 9.18 Å². The van der Waals surface area contributed by atoms with E-state index < -0.39 is 5.82 Å². The summed E-state index contributed by atoms with van der Waals surface area (Å²) in [6, 6.07) is 6.07. The molecular weight excluding hydrogens is 181 g/mol. The summed E-state index contributed by atoms with van der Waals surface area (Å²) in [5.74, 6) is -0.738. The molecule has 1 N–H and O–H groups in total. The molecule has 14 heavy (non-hydrogen) atoms. The Bertz CT molecular complexity index is 367. The van der Waals surface area contributed by atoms with Gasteiger partial charge in [-0.25, -0.2) is 4.39 Å². The molecule has 0 radical (unpaired) electrons. The van der Waals surface area contributed by atoms with E-state index in [4.69, 9.17) is 0 Å². The van der Waals surface area contributed by atoms with Gasteiger partial charge in [0.15, 0.2) is 0 Å². The fraction of sp³-hybridized carbons (Fsp3) is 0.182. The van der Waals surface area contributed by atoms with Crippen LogP contribution in [-0.4, -0.2) is 5.91 Å². The third-order valence-corrected chi connectivity index (χ3v) is 1.55. The quantitative estimate of drug-likeness (QED) is 0.719. The van der Waals surface area contributed by atoms with Crippen LogP contribution in [0.1, 0.15) is 13.8 Å². The molecule has 1 rings (SSSR count). The first kappa shape index (κ1) is 10.4. The van der Waals surface area contributed by atoms with Crippen molar-refractivity contribution in [1.82, 2.24) is 0 Å². The second-order valence-electron chi connectivity index (χ2n) is 3.19. The Kier molecular flexibility index (Phi) is 3.40. The van der Waals surface area contributed by atoms with Crippen molar-refractivity contribution < 1.29 is 9.18 Å². The van der Waals surface area contributed by atoms with E-state index in [1.165, 1.54) is 18.2 Å². The molecule has 0 aliphatic carbocycles. The molecule has 1 aromatic carbocycles. The van der Waals surface area contributed by atoms with Crippen molar-refractivity contribution in [2.24, 2.45) is 0 Å². The lowest BCUT2D eigenvalue weighted by atomic mass is 10.3. The van der Waals surface area contributed by atoms with Gasteiger partial charge in [-0.2, -0.15) is 0 Å². The molecule has 0 heterocycles. The number of para-hydroxylation sites is 1. The molecule has 0 bridgehead atoms. The summed E-state index contributed by atoms with van der Waals surface area (Å²) in [6.07, 6.45) is 1.42. The van der Waals surface area contributed by atoms with Gasteiger partial charge in [-0.3, -0.25) is 4.79 Å². The minimum atomic E-state index is -0.428. The number of hydrogen-bond acceptors (Lipinski definition) is 1. The van der Waals surface area contributed by atoms with Crippen molar-refractivity contribution >= 4 is 11.6 Å². The molecule has 3 heteroatoms. The summed E-state index contributed by atoms with van der Waals surface area (Å²) in [5.41, 5.74) is 1.08. The maximum Gasteiger partial charge on any atom is 0.248 e. The zero-order valence-electron chi connectivity index (χ0n) is 8.17. The van der Waals surface area contributed by atoms with Crippen molar-refractivity contribution in [2.75, 3.05) is 5.32 Å². The van der Waals surface area contributed by atoms with Crippen molar-refractivity contribution in [3.8, 4) is 0 Å². The summed E-state index contributed by atoms with van der Waals surface area (Å²) in [7, 11) is 0. The van der Waals surface area contributed by atoms with E-state index in [-0.39, 0.29) is 11.6 Å². The minimum Gasteiger partial charge on any atom is -0.320 e. The molecule has 0 aliphatic heterocycles. The molecule has 0 saturated heterocycles.